The van der Waals surface area contributed by atoms with Crippen molar-refractivity contribution in [1.82, 2.24) is 4.98 Å². The number of anilines is 1. The van der Waals surface area contributed by atoms with Gasteiger partial charge in [-0.3, -0.25) is 4.79 Å². The quantitative estimate of drug-likeness (QED) is 0.552. The van der Waals surface area contributed by atoms with E-state index in [4.69, 9.17) is 5.73 Å². The molecule has 0 saturated heterocycles. The molecule has 0 bridgehead atoms. The number of benzene rings is 2. The Hall–Kier alpha value is -2.14. The summed E-state index contributed by atoms with van der Waals surface area (Å²) in [6.45, 7) is 0. The van der Waals surface area contributed by atoms with Crippen LogP contribution in [0, 0.1) is 5.82 Å². The molecule has 0 unspecified atom stereocenters. The predicted octanol–water partition coefficient (Wildman–Crippen LogP) is 3.88. The Labute approximate surface area is 122 Å². The number of aromatic amines is 1. The molecule has 0 radical (unpaired) electrons. The maximum atomic E-state index is 13.0. The van der Waals surface area contributed by atoms with Gasteiger partial charge in [0.25, 0.3) is 0 Å². The number of carbonyl (C=O) groups is 1. The first-order valence-electron chi connectivity index (χ1n) is 5.92. The molecular formula is C15H10BrFN2O. The number of hydrogen-bond donors (Lipinski definition) is 2. The molecule has 0 spiro atoms. The molecule has 0 aliphatic carbocycles. The van der Waals surface area contributed by atoms with Gasteiger partial charge in [0, 0.05) is 38.4 Å². The van der Waals surface area contributed by atoms with Crippen molar-refractivity contribution in [2.45, 2.75) is 0 Å². The number of hydrogen-bond acceptors (Lipinski definition) is 2. The van der Waals surface area contributed by atoms with Gasteiger partial charge in [0.05, 0.1) is 0 Å². The number of carbonyl (C=O) groups excluding carboxylic acids is 1. The van der Waals surface area contributed by atoms with E-state index in [1.165, 1.54) is 12.1 Å². The second-order valence-corrected chi connectivity index (χ2v) is 5.37. The van der Waals surface area contributed by atoms with Crippen molar-refractivity contribution in [1.29, 1.82) is 0 Å². The zero-order chi connectivity index (χ0) is 14.3. The molecule has 0 saturated carbocycles. The molecule has 5 heteroatoms. The first kappa shape index (κ1) is 12.9. The van der Waals surface area contributed by atoms with E-state index in [2.05, 4.69) is 20.9 Å². The fourth-order valence-corrected chi connectivity index (χ4v) is 2.53. The van der Waals surface area contributed by atoms with E-state index < -0.39 is 5.82 Å². The zero-order valence-electron chi connectivity index (χ0n) is 10.3. The van der Waals surface area contributed by atoms with Crippen LogP contribution in [0.5, 0.6) is 0 Å². The van der Waals surface area contributed by atoms with E-state index in [9.17, 15) is 9.18 Å². The fourth-order valence-electron chi connectivity index (χ4n) is 2.17. The summed E-state index contributed by atoms with van der Waals surface area (Å²) in [5.74, 6) is -0.682. The molecule has 100 valence electrons. The molecule has 0 amide bonds. The van der Waals surface area contributed by atoms with Gasteiger partial charge in [-0.15, -0.1) is 0 Å². The lowest BCUT2D eigenvalue weighted by Crippen LogP contribution is -2.05. The summed E-state index contributed by atoms with van der Waals surface area (Å²) in [6, 6.07) is 9.39. The average Bonchev–Trinajstić information content (AvgIpc) is 2.80. The number of ketones is 1. The molecule has 3 nitrogen and oxygen atoms in total. The minimum atomic E-state index is -0.457. The van der Waals surface area contributed by atoms with E-state index in [-0.39, 0.29) is 11.5 Å². The van der Waals surface area contributed by atoms with E-state index in [0.717, 1.165) is 21.4 Å². The van der Waals surface area contributed by atoms with Crippen LogP contribution in [0.3, 0.4) is 0 Å². The van der Waals surface area contributed by atoms with E-state index in [1.807, 2.05) is 18.2 Å². The number of nitrogens with two attached hydrogens (primary N) is 1. The topological polar surface area (TPSA) is 58.9 Å². The summed E-state index contributed by atoms with van der Waals surface area (Å²) < 4.78 is 14.0. The largest absolute Gasteiger partial charge is 0.398 e. The van der Waals surface area contributed by atoms with Crippen molar-refractivity contribution >= 4 is 38.3 Å². The van der Waals surface area contributed by atoms with Gasteiger partial charge in [0.1, 0.15) is 5.82 Å². The van der Waals surface area contributed by atoms with Gasteiger partial charge in [-0.25, -0.2) is 4.39 Å². The highest BCUT2D eigenvalue weighted by Crippen LogP contribution is 2.26. The fraction of sp³-hybridized carbons (Fsp3) is 0. The van der Waals surface area contributed by atoms with Crippen molar-refractivity contribution in [3.05, 3.63) is 64.0 Å². The molecule has 2 aromatic carbocycles. The summed E-state index contributed by atoms with van der Waals surface area (Å²) in [5, 5.41) is 0.807. The molecule has 1 heterocycles. The van der Waals surface area contributed by atoms with Crippen LogP contribution in [-0.2, 0) is 0 Å². The summed E-state index contributed by atoms with van der Waals surface area (Å²) in [4.78, 5) is 15.5. The smallest absolute Gasteiger partial charge is 0.197 e. The highest BCUT2D eigenvalue weighted by atomic mass is 79.9. The van der Waals surface area contributed by atoms with Crippen molar-refractivity contribution in [3.63, 3.8) is 0 Å². The van der Waals surface area contributed by atoms with Gasteiger partial charge in [-0.1, -0.05) is 22.0 Å². The Morgan fingerprint density at radius 3 is 2.70 bits per heavy atom. The minimum Gasteiger partial charge on any atom is -0.398 e. The van der Waals surface area contributed by atoms with Crippen molar-refractivity contribution < 1.29 is 9.18 Å². The van der Waals surface area contributed by atoms with E-state index in [1.54, 1.807) is 6.20 Å². The number of rotatable bonds is 2. The molecule has 0 aliphatic heterocycles. The summed E-state index contributed by atoms with van der Waals surface area (Å²) in [6.07, 6.45) is 1.64. The molecule has 3 rings (SSSR count). The van der Waals surface area contributed by atoms with Crippen LogP contribution in [0.2, 0.25) is 0 Å². The molecule has 0 aliphatic rings. The summed E-state index contributed by atoms with van der Waals surface area (Å²) >= 11 is 3.38. The monoisotopic (exact) mass is 332 g/mol. The van der Waals surface area contributed by atoms with Gasteiger partial charge in [-0.2, -0.15) is 0 Å². The SMILES string of the molecule is Nc1cc(F)ccc1C(=O)c1c[nH]c2cc(Br)ccc12. The third-order valence-corrected chi connectivity index (χ3v) is 3.64. The molecule has 0 fully saturated rings. The molecular weight excluding hydrogens is 323 g/mol. The van der Waals surface area contributed by atoms with E-state index >= 15 is 0 Å². The van der Waals surface area contributed by atoms with Gasteiger partial charge in [0.15, 0.2) is 5.78 Å². The lowest BCUT2D eigenvalue weighted by atomic mass is 10.0. The number of nitrogens with one attached hydrogen (secondary N) is 1. The predicted molar refractivity (Wildman–Crippen MR) is 80.2 cm³/mol. The second kappa shape index (κ2) is 4.76. The van der Waals surface area contributed by atoms with Gasteiger partial charge >= 0.3 is 0 Å². The summed E-state index contributed by atoms with van der Waals surface area (Å²) in [5.41, 5.74) is 7.53. The van der Waals surface area contributed by atoms with Crippen molar-refractivity contribution in [3.8, 4) is 0 Å². The van der Waals surface area contributed by atoms with Crippen molar-refractivity contribution in [2.24, 2.45) is 0 Å². The van der Waals surface area contributed by atoms with E-state index in [0.29, 0.717) is 11.1 Å². The lowest BCUT2D eigenvalue weighted by Gasteiger charge is -2.04. The molecule has 20 heavy (non-hydrogen) atoms. The molecule has 3 N–H and O–H groups in total. The minimum absolute atomic E-state index is 0.140. The number of H-pyrrole nitrogens is 1. The van der Waals surface area contributed by atoms with Crippen LogP contribution < -0.4 is 5.73 Å². The first-order chi connectivity index (χ1) is 9.56. The molecule has 1 aromatic heterocycles. The van der Waals surface area contributed by atoms with Crippen LogP contribution in [0.15, 0.2) is 47.1 Å². The third kappa shape index (κ3) is 2.10. The number of fused-ring (bicyclic) bond motifs is 1. The maximum Gasteiger partial charge on any atom is 0.197 e. The second-order valence-electron chi connectivity index (χ2n) is 4.45. The Bertz CT molecular complexity index is 826. The van der Waals surface area contributed by atoms with Crippen LogP contribution in [0.1, 0.15) is 15.9 Å². The Morgan fingerprint density at radius 2 is 1.95 bits per heavy atom. The van der Waals surface area contributed by atoms with Crippen LogP contribution in [-0.4, -0.2) is 10.8 Å². The van der Waals surface area contributed by atoms with Crippen LogP contribution in [0.25, 0.3) is 10.9 Å². The van der Waals surface area contributed by atoms with Crippen LogP contribution >= 0.6 is 15.9 Å². The van der Waals surface area contributed by atoms with Gasteiger partial charge in [0.2, 0.25) is 0 Å². The number of aromatic nitrogens is 1. The first-order valence-corrected chi connectivity index (χ1v) is 6.72. The van der Waals surface area contributed by atoms with Crippen LogP contribution in [0.4, 0.5) is 10.1 Å². The standard InChI is InChI=1S/C15H10BrFN2O/c16-8-1-3-10-12(7-19-14(10)5-8)15(20)11-4-2-9(17)6-13(11)18/h1-7,19H,18H2. The highest BCUT2D eigenvalue weighted by Gasteiger charge is 2.16. The average molecular weight is 333 g/mol. The van der Waals surface area contributed by atoms with Gasteiger partial charge in [-0.05, 0) is 30.3 Å². The lowest BCUT2D eigenvalue weighted by molar-refractivity contribution is 0.104. The Morgan fingerprint density at radius 1 is 1.15 bits per heavy atom. The summed E-state index contributed by atoms with van der Waals surface area (Å²) in [7, 11) is 0. The molecule has 0 atom stereocenters. The normalized spacial score (nSPS) is 10.9. The third-order valence-electron chi connectivity index (χ3n) is 3.15. The maximum absolute atomic E-state index is 13.0. The van der Waals surface area contributed by atoms with Crippen molar-refractivity contribution in [2.75, 3.05) is 5.73 Å². The number of halogens is 2. The van der Waals surface area contributed by atoms with Gasteiger partial charge < -0.3 is 10.7 Å². The Kier molecular flexibility index (Phi) is 3.06. The highest BCUT2D eigenvalue weighted by molar-refractivity contribution is 9.10. The zero-order valence-corrected chi connectivity index (χ0v) is 11.9. The number of nitrogen functional groups attached to an aromatic ring is 1. The Balaban J connectivity index is 2.13. The molecule has 3 aromatic rings.